The van der Waals surface area contributed by atoms with Crippen molar-refractivity contribution in [2.45, 2.75) is 37.5 Å². The summed E-state index contributed by atoms with van der Waals surface area (Å²) in [4.78, 5) is 16.6. The minimum Gasteiger partial charge on any atom is -0.460 e. The average molecular weight is 553 g/mol. The van der Waals surface area contributed by atoms with Crippen LogP contribution in [0.25, 0.3) is 0 Å². The molecule has 0 aromatic heterocycles. The summed E-state index contributed by atoms with van der Waals surface area (Å²) in [5, 5.41) is 0. The van der Waals surface area contributed by atoms with Gasteiger partial charge in [0.15, 0.2) is 0 Å². The van der Waals surface area contributed by atoms with E-state index in [4.69, 9.17) is 4.74 Å². The number of ether oxygens (including phenoxy) is 1. The fourth-order valence-corrected chi connectivity index (χ4v) is 6.14. The average Bonchev–Trinajstić information content (AvgIpc) is 2.94. The predicted molar refractivity (Wildman–Crippen MR) is 155 cm³/mol. The van der Waals surface area contributed by atoms with Gasteiger partial charge >= 0.3 is 5.97 Å². The summed E-state index contributed by atoms with van der Waals surface area (Å²) in [7, 11) is 0. The van der Waals surface area contributed by atoms with Gasteiger partial charge in [0.1, 0.15) is 17.7 Å². The highest BCUT2D eigenvalue weighted by Gasteiger charge is 2.22. The van der Waals surface area contributed by atoms with Crippen molar-refractivity contribution in [3.05, 3.63) is 107 Å². The lowest BCUT2D eigenvalue weighted by Gasteiger charge is -2.36. The molecule has 1 heterocycles. The molecule has 0 spiro atoms. The van der Waals surface area contributed by atoms with Crippen LogP contribution in [-0.4, -0.2) is 66.9 Å². The van der Waals surface area contributed by atoms with Gasteiger partial charge in [0.2, 0.25) is 0 Å². The Kier molecular flexibility index (Phi) is 11.4. The number of carbonyl (C=O) groups is 1. The van der Waals surface area contributed by atoms with Gasteiger partial charge in [0.05, 0.1) is 0 Å². The molecule has 1 atom stereocenters. The van der Waals surface area contributed by atoms with Crippen molar-refractivity contribution in [1.82, 2.24) is 9.80 Å². The molecule has 0 N–H and O–H groups in total. The first-order chi connectivity index (χ1) is 19.0. The second kappa shape index (κ2) is 15.2. The van der Waals surface area contributed by atoms with Crippen molar-refractivity contribution in [2.75, 3.05) is 45.0 Å². The van der Waals surface area contributed by atoms with E-state index in [1.165, 1.54) is 36.8 Å². The molecule has 0 saturated carbocycles. The third-order valence-corrected chi connectivity index (χ3v) is 8.33. The zero-order valence-electron chi connectivity index (χ0n) is 22.6. The maximum Gasteiger partial charge on any atom is 0.302 e. The van der Waals surface area contributed by atoms with Crippen LogP contribution in [-0.2, 0) is 15.3 Å². The quantitative estimate of drug-likeness (QED) is 0.231. The monoisotopic (exact) mass is 552 g/mol. The van der Waals surface area contributed by atoms with E-state index in [9.17, 15) is 13.6 Å². The van der Waals surface area contributed by atoms with Crippen LogP contribution < -0.4 is 0 Å². The molecule has 1 aliphatic heterocycles. The summed E-state index contributed by atoms with van der Waals surface area (Å²) < 4.78 is 32.7. The number of benzene rings is 3. The molecule has 1 saturated heterocycles. The summed E-state index contributed by atoms with van der Waals surface area (Å²) in [6, 6.07) is 23.7. The molecule has 1 unspecified atom stereocenters. The summed E-state index contributed by atoms with van der Waals surface area (Å²) in [6.07, 6.45) is 1.78. The molecule has 0 aliphatic carbocycles. The number of carbonyl (C=O) groups excluding carboxylic acids is 1. The fraction of sp³-hybridized carbons (Fsp3) is 0.406. The van der Waals surface area contributed by atoms with E-state index < -0.39 is 0 Å². The smallest absolute Gasteiger partial charge is 0.302 e. The van der Waals surface area contributed by atoms with Crippen LogP contribution in [0.5, 0.6) is 0 Å². The molecule has 1 aliphatic rings. The molecule has 3 aromatic rings. The van der Waals surface area contributed by atoms with Crippen LogP contribution in [0, 0.1) is 11.6 Å². The summed E-state index contributed by atoms with van der Waals surface area (Å²) in [6.45, 7) is 7.06. The van der Waals surface area contributed by atoms with Gasteiger partial charge in [-0.05, 0) is 60.3 Å². The molecule has 3 aromatic carbocycles. The van der Waals surface area contributed by atoms with E-state index in [2.05, 4.69) is 21.9 Å². The number of rotatable bonds is 13. The van der Waals surface area contributed by atoms with Crippen molar-refractivity contribution in [3.63, 3.8) is 0 Å². The second-order valence-electron chi connectivity index (χ2n) is 10.2. The number of hydrogen-bond donors (Lipinski definition) is 0. The Hall–Kier alpha value is -2.74. The predicted octanol–water partition coefficient (Wildman–Crippen LogP) is 6.36. The number of esters is 1. The fourth-order valence-electron chi connectivity index (χ4n) is 5.16. The van der Waals surface area contributed by atoms with Crippen LogP contribution in [0.2, 0.25) is 0 Å². The maximum atomic E-state index is 13.5. The van der Waals surface area contributed by atoms with E-state index in [0.29, 0.717) is 0 Å². The Balaban J connectivity index is 1.23. The lowest BCUT2D eigenvalue weighted by atomic mass is 9.87. The first-order valence-corrected chi connectivity index (χ1v) is 14.9. The zero-order chi connectivity index (χ0) is 27.5. The first-order valence-electron chi connectivity index (χ1n) is 13.7. The Morgan fingerprint density at radius 2 is 1.41 bits per heavy atom. The highest BCUT2D eigenvalue weighted by Crippen LogP contribution is 2.30. The summed E-state index contributed by atoms with van der Waals surface area (Å²) >= 11 is 1.80. The molecular formula is C32H38F2N2O2S. The highest BCUT2D eigenvalue weighted by atomic mass is 32.2. The molecule has 0 radical (unpaired) electrons. The zero-order valence-corrected chi connectivity index (χ0v) is 23.4. The van der Waals surface area contributed by atoms with E-state index in [1.54, 1.807) is 11.8 Å². The molecule has 0 bridgehead atoms. The highest BCUT2D eigenvalue weighted by molar-refractivity contribution is 7.98. The molecule has 39 heavy (non-hydrogen) atoms. The van der Waals surface area contributed by atoms with Crippen molar-refractivity contribution in [2.24, 2.45) is 0 Å². The minimum atomic E-state index is -0.250. The molecule has 4 rings (SSSR count). The number of thioether (sulfide) groups is 1. The van der Waals surface area contributed by atoms with Gasteiger partial charge in [-0.1, -0.05) is 54.6 Å². The molecular weight excluding hydrogens is 514 g/mol. The largest absolute Gasteiger partial charge is 0.460 e. The normalized spacial score (nSPS) is 15.4. The molecule has 7 heteroatoms. The number of halogens is 2. The van der Waals surface area contributed by atoms with E-state index in [-0.39, 0.29) is 29.6 Å². The molecule has 208 valence electrons. The van der Waals surface area contributed by atoms with Gasteiger partial charge in [-0.2, -0.15) is 11.8 Å². The molecule has 4 nitrogen and oxygen atoms in total. The third-order valence-electron chi connectivity index (χ3n) is 7.19. The maximum absolute atomic E-state index is 13.5. The van der Waals surface area contributed by atoms with Crippen LogP contribution in [0.4, 0.5) is 8.78 Å². The lowest BCUT2D eigenvalue weighted by molar-refractivity contribution is -0.146. The lowest BCUT2D eigenvalue weighted by Crippen LogP contribution is -2.49. The Bertz CT molecular complexity index is 1090. The van der Waals surface area contributed by atoms with Gasteiger partial charge in [0.25, 0.3) is 0 Å². The number of nitrogens with zero attached hydrogens (tertiary/aromatic N) is 2. The van der Waals surface area contributed by atoms with Crippen molar-refractivity contribution >= 4 is 17.7 Å². The topological polar surface area (TPSA) is 32.8 Å². The van der Waals surface area contributed by atoms with Crippen molar-refractivity contribution in [1.29, 1.82) is 0 Å². The van der Waals surface area contributed by atoms with Crippen molar-refractivity contribution < 1.29 is 18.3 Å². The minimum absolute atomic E-state index is 0.102. The second-order valence-corrected chi connectivity index (χ2v) is 11.2. The van der Waals surface area contributed by atoms with Crippen LogP contribution in [0.3, 0.4) is 0 Å². The van der Waals surface area contributed by atoms with Crippen LogP contribution >= 0.6 is 11.8 Å². The Morgan fingerprint density at radius 1 is 0.846 bits per heavy atom. The summed E-state index contributed by atoms with van der Waals surface area (Å²) in [5.74, 6) is 1.06. The number of piperazine rings is 1. The summed E-state index contributed by atoms with van der Waals surface area (Å²) in [5.41, 5.74) is 3.38. The number of hydrogen-bond acceptors (Lipinski definition) is 5. The SMILES string of the molecule is CC(=O)OC(CSCc1ccccc1)CN1CCN(CCCC(c2ccc(F)cc2)c2ccc(F)cc2)CC1. The van der Waals surface area contributed by atoms with Crippen LogP contribution in [0.15, 0.2) is 78.9 Å². The van der Waals surface area contributed by atoms with Gasteiger partial charge in [-0.3, -0.25) is 9.69 Å². The van der Waals surface area contributed by atoms with Gasteiger partial charge < -0.3 is 9.64 Å². The van der Waals surface area contributed by atoms with E-state index >= 15 is 0 Å². The Morgan fingerprint density at radius 3 is 1.97 bits per heavy atom. The van der Waals surface area contributed by atoms with Crippen molar-refractivity contribution in [3.8, 4) is 0 Å². The third kappa shape index (κ3) is 9.75. The van der Waals surface area contributed by atoms with Gasteiger partial charge in [0, 0.05) is 57.1 Å². The van der Waals surface area contributed by atoms with Gasteiger partial charge in [-0.25, -0.2) is 8.78 Å². The van der Waals surface area contributed by atoms with Gasteiger partial charge in [-0.15, -0.1) is 0 Å². The molecule has 1 fully saturated rings. The van der Waals surface area contributed by atoms with E-state index in [1.807, 2.05) is 42.5 Å². The van der Waals surface area contributed by atoms with E-state index in [0.717, 1.165) is 74.7 Å². The first kappa shape index (κ1) is 29.2. The standard InChI is InChI=1S/C32H38F2N2O2S/c1-25(37)38-31(24-39-23-26-6-3-2-4-7-26)22-36-20-18-35(19-21-36)17-5-8-32(27-9-13-29(33)14-10-27)28-11-15-30(34)16-12-28/h2-4,6-7,9-16,31-32H,5,8,17-24H2,1H3. The Labute approximate surface area is 235 Å². The van der Waals surface area contributed by atoms with Crippen LogP contribution in [0.1, 0.15) is 42.4 Å². The molecule has 0 amide bonds.